The van der Waals surface area contributed by atoms with Crippen molar-refractivity contribution >= 4 is 12.2 Å². The molecule has 0 saturated heterocycles. The number of fused-ring (bicyclic) bond motifs is 1. The third-order valence-corrected chi connectivity index (χ3v) is 4.89. The molecule has 0 N–H and O–H groups in total. The number of carbonyl (C=O) groups is 2. The molecule has 2 aromatic rings. The van der Waals surface area contributed by atoms with Gasteiger partial charge >= 0.3 is 0 Å². The van der Waals surface area contributed by atoms with Crippen molar-refractivity contribution in [2.75, 3.05) is 20.8 Å². The van der Waals surface area contributed by atoms with Crippen molar-refractivity contribution in [2.24, 2.45) is 0 Å². The highest BCUT2D eigenvalue weighted by molar-refractivity contribution is 5.81. The number of ether oxygens (including phenoxy) is 2. The van der Waals surface area contributed by atoms with Crippen molar-refractivity contribution in [3.05, 3.63) is 59.2 Å². The van der Waals surface area contributed by atoms with Gasteiger partial charge in [-0.25, -0.2) is 0 Å². The summed E-state index contributed by atoms with van der Waals surface area (Å²) >= 11 is 0. The Kier molecular flexibility index (Phi) is 5.56. The van der Waals surface area contributed by atoms with Crippen LogP contribution in [0.5, 0.6) is 11.5 Å². The molecule has 0 aliphatic heterocycles. The number of aryl methyl sites for hydroxylation is 1. The topological polar surface area (TPSA) is 55.8 Å². The highest BCUT2D eigenvalue weighted by atomic mass is 16.5. The van der Waals surface area contributed by atoms with Gasteiger partial charge in [0.25, 0.3) is 5.91 Å². The van der Waals surface area contributed by atoms with Gasteiger partial charge in [0.1, 0.15) is 11.5 Å². The third-order valence-electron chi connectivity index (χ3n) is 4.89. The predicted octanol–water partition coefficient (Wildman–Crippen LogP) is 3.42. The fourth-order valence-corrected chi connectivity index (χ4v) is 3.42. The minimum absolute atomic E-state index is 0.0671. The summed E-state index contributed by atoms with van der Waals surface area (Å²) in [4.78, 5) is 25.6. The second-order valence-electron chi connectivity index (χ2n) is 6.42. The van der Waals surface area contributed by atoms with Gasteiger partial charge < -0.3 is 14.4 Å². The molecule has 2 aromatic carbocycles. The third kappa shape index (κ3) is 3.72. The Morgan fingerprint density at radius 2 is 2.08 bits per heavy atom. The van der Waals surface area contributed by atoms with E-state index in [-0.39, 0.29) is 18.6 Å². The fourth-order valence-electron chi connectivity index (χ4n) is 3.42. The Bertz CT molecular complexity index is 802. The molecular weight excluding hydrogens is 330 g/mol. The maximum absolute atomic E-state index is 12.6. The summed E-state index contributed by atoms with van der Waals surface area (Å²) in [5, 5.41) is 0. The molecule has 0 radical (unpaired) electrons. The Hall–Kier alpha value is -2.82. The van der Waals surface area contributed by atoms with Gasteiger partial charge in [-0.3, -0.25) is 9.59 Å². The van der Waals surface area contributed by atoms with Gasteiger partial charge in [-0.1, -0.05) is 24.3 Å². The van der Waals surface area contributed by atoms with Crippen LogP contribution in [-0.2, 0) is 11.2 Å². The lowest BCUT2D eigenvalue weighted by atomic mass is 9.87. The molecule has 0 bridgehead atoms. The fraction of sp³-hybridized carbons (Fsp3) is 0.333. The minimum Gasteiger partial charge on any atom is -0.497 e. The first kappa shape index (κ1) is 18.0. The molecule has 0 heterocycles. The van der Waals surface area contributed by atoms with Crippen LogP contribution in [0.15, 0.2) is 42.5 Å². The van der Waals surface area contributed by atoms with Crippen molar-refractivity contribution in [2.45, 2.75) is 25.3 Å². The zero-order valence-corrected chi connectivity index (χ0v) is 15.1. The molecule has 26 heavy (non-hydrogen) atoms. The van der Waals surface area contributed by atoms with Crippen LogP contribution in [0.1, 0.15) is 40.4 Å². The summed E-state index contributed by atoms with van der Waals surface area (Å²) in [5.74, 6) is 0.840. The molecule has 1 aliphatic rings. The number of likely N-dealkylation sites (N-methyl/N-ethyl adjacent to an activating group) is 1. The molecule has 0 fully saturated rings. The van der Waals surface area contributed by atoms with Crippen molar-refractivity contribution in [3.8, 4) is 11.5 Å². The first-order chi connectivity index (χ1) is 12.6. The summed E-state index contributed by atoms with van der Waals surface area (Å²) in [6.07, 6.45) is 3.76. The zero-order valence-electron chi connectivity index (χ0n) is 15.1. The molecule has 0 saturated carbocycles. The molecule has 5 heteroatoms. The standard InChI is InChI=1S/C21H23NO4/c1-22(19-9-5-7-15-6-3-4-8-18(15)19)21(24)14-26-20-11-10-17(25-2)12-16(20)13-23/h3-4,6,8,10-13,19H,5,7,9,14H2,1-2H3. The van der Waals surface area contributed by atoms with Gasteiger partial charge in [0, 0.05) is 7.05 Å². The largest absolute Gasteiger partial charge is 0.497 e. The van der Waals surface area contributed by atoms with Gasteiger partial charge in [-0.05, 0) is 48.6 Å². The van der Waals surface area contributed by atoms with E-state index in [1.165, 1.54) is 18.2 Å². The van der Waals surface area contributed by atoms with E-state index < -0.39 is 0 Å². The molecule has 1 aliphatic carbocycles. The molecule has 1 atom stereocenters. The van der Waals surface area contributed by atoms with Crippen LogP contribution in [0.4, 0.5) is 0 Å². The van der Waals surface area contributed by atoms with Gasteiger partial charge in [-0.15, -0.1) is 0 Å². The molecule has 1 amide bonds. The summed E-state index contributed by atoms with van der Waals surface area (Å²) < 4.78 is 10.7. The molecule has 3 rings (SSSR count). The lowest BCUT2D eigenvalue weighted by Crippen LogP contribution is -2.36. The number of hydrogen-bond acceptors (Lipinski definition) is 4. The van der Waals surface area contributed by atoms with Crippen molar-refractivity contribution < 1.29 is 19.1 Å². The van der Waals surface area contributed by atoms with E-state index in [9.17, 15) is 9.59 Å². The Balaban J connectivity index is 1.68. The first-order valence-electron chi connectivity index (χ1n) is 8.73. The maximum Gasteiger partial charge on any atom is 0.260 e. The SMILES string of the molecule is COc1ccc(OCC(=O)N(C)C2CCCc3ccccc32)c(C=O)c1. The summed E-state index contributed by atoms with van der Waals surface area (Å²) in [7, 11) is 3.35. The number of benzene rings is 2. The number of aldehydes is 1. The van der Waals surface area contributed by atoms with Crippen LogP contribution in [0.25, 0.3) is 0 Å². The number of nitrogens with zero attached hydrogens (tertiary/aromatic N) is 1. The van der Waals surface area contributed by atoms with Gasteiger partial charge in [0.2, 0.25) is 0 Å². The van der Waals surface area contributed by atoms with Crippen LogP contribution in [0.3, 0.4) is 0 Å². The number of methoxy groups -OCH3 is 1. The smallest absolute Gasteiger partial charge is 0.260 e. The van der Waals surface area contributed by atoms with E-state index in [2.05, 4.69) is 12.1 Å². The molecule has 1 unspecified atom stereocenters. The zero-order chi connectivity index (χ0) is 18.5. The Labute approximate surface area is 153 Å². The molecular formula is C21H23NO4. The minimum atomic E-state index is -0.112. The van der Waals surface area contributed by atoms with E-state index >= 15 is 0 Å². The normalized spacial score (nSPS) is 15.7. The lowest BCUT2D eigenvalue weighted by molar-refractivity contribution is -0.134. The Morgan fingerprint density at radius 1 is 1.27 bits per heavy atom. The van der Waals surface area contributed by atoms with E-state index in [1.807, 2.05) is 19.2 Å². The highest BCUT2D eigenvalue weighted by Gasteiger charge is 2.26. The first-order valence-corrected chi connectivity index (χ1v) is 8.73. The summed E-state index contributed by atoms with van der Waals surface area (Å²) in [6, 6.07) is 13.3. The molecule has 0 spiro atoms. The predicted molar refractivity (Wildman–Crippen MR) is 98.8 cm³/mol. The highest BCUT2D eigenvalue weighted by Crippen LogP contribution is 2.33. The lowest BCUT2D eigenvalue weighted by Gasteiger charge is -2.33. The number of amides is 1. The second kappa shape index (κ2) is 8.04. The van der Waals surface area contributed by atoms with Crippen molar-refractivity contribution in [3.63, 3.8) is 0 Å². The monoisotopic (exact) mass is 353 g/mol. The Morgan fingerprint density at radius 3 is 2.85 bits per heavy atom. The van der Waals surface area contributed by atoms with Gasteiger partial charge in [-0.2, -0.15) is 0 Å². The molecule has 0 aromatic heterocycles. The van der Waals surface area contributed by atoms with Crippen LogP contribution in [0.2, 0.25) is 0 Å². The molecule has 5 nitrogen and oxygen atoms in total. The van der Waals surface area contributed by atoms with Gasteiger partial charge in [0.15, 0.2) is 12.9 Å². The maximum atomic E-state index is 12.6. The average molecular weight is 353 g/mol. The second-order valence-corrected chi connectivity index (χ2v) is 6.42. The van der Waals surface area contributed by atoms with Crippen molar-refractivity contribution in [1.82, 2.24) is 4.90 Å². The van der Waals surface area contributed by atoms with E-state index in [0.717, 1.165) is 19.3 Å². The van der Waals surface area contributed by atoms with E-state index in [4.69, 9.17) is 9.47 Å². The van der Waals surface area contributed by atoms with Crippen LogP contribution < -0.4 is 9.47 Å². The quantitative estimate of drug-likeness (QED) is 0.747. The van der Waals surface area contributed by atoms with Gasteiger partial charge in [0.05, 0.1) is 18.7 Å². The number of rotatable bonds is 6. The number of carbonyl (C=O) groups excluding carboxylic acids is 2. The average Bonchev–Trinajstić information content (AvgIpc) is 2.70. The van der Waals surface area contributed by atoms with Crippen LogP contribution in [0, 0.1) is 0 Å². The van der Waals surface area contributed by atoms with E-state index in [1.54, 1.807) is 23.1 Å². The van der Waals surface area contributed by atoms with Crippen molar-refractivity contribution in [1.29, 1.82) is 0 Å². The van der Waals surface area contributed by atoms with E-state index in [0.29, 0.717) is 23.3 Å². The van der Waals surface area contributed by atoms with Crippen LogP contribution in [-0.4, -0.2) is 37.9 Å². The molecule has 136 valence electrons. The number of hydrogen-bond donors (Lipinski definition) is 0. The summed E-state index contributed by atoms with van der Waals surface area (Å²) in [6.45, 7) is -0.109. The van der Waals surface area contributed by atoms with Crippen LogP contribution >= 0.6 is 0 Å². The summed E-state index contributed by atoms with van der Waals surface area (Å²) in [5.41, 5.74) is 2.89.